The first-order valence-electron chi connectivity index (χ1n) is 5.93. The highest BCUT2D eigenvalue weighted by atomic mass is 32.1. The highest BCUT2D eigenvalue weighted by Gasteiger charge is 2.16. The molecule has 2 heterocycles. The van der Waals surface area contributed by atoms with E-state index in [0.29, 0.717) is 0 Å². The fraction of sp³-hybridized carbons (Fsp3) is 0.167. The summed E-state index contributed by atoms with van der Waals surface area (Å²) in [7, 11) is 0. The van der Waals surface area contributed by atoms with Crippen LogP contribution in [0.15, 0.2) is 36.5 Å². The molecule has 1 N–H and O–H groups in total. The van der Waals surface area contributed by atoms with E-state index in [2.05, 4.69) is 24.4 Å². The number of nitrogens with zero attached hydrogens (tertiary/aromatic N) is 5. The molecule has 0 saturated carbocycles. The molecule has 1 aromatic carbocycles. The normalized spacial score (nSPS) is 10.6. The van der Waals surface area contributed by atoms with Crippen LogP contribution in [0, 0.1) is 0 Å². The SMILES string of the molecule is CCNc1nsnc1-c1cnnn1-c1ccccc1. The molecular formula is C12H12N6S. The molecule has 0 radical (unpaired) electrons. The molecule has 7 heteroatoms. The van der Waals surface area contributed by atoms with Crippen molar-refractivity contribution in [2.24, 2.45) is 0 Å². The van der Waals surface area contributed by atoms with Gasteiger partial charge in [-0.05, 0) is 19.1 Å². The first-order valence-corrected chi connectivity index (χ1v) is 6.66. The van der Waals surface area contributed by atoms with Crippen molar-refractivity contribution in [2.45, 2.75) is 6.92 Å². The largest absolute Gasteiger partial charge is 0.368 e. The highest BCUT2D eigenvalue weighted by molar-refractivity contribution is 6.99. The molecule has 0 amide bonds. The summed E-state index contributed by atoms with van der Waals surface area (Å²) in [5, 5.41) is 11.3. The topological polar surface area (TPSA) is 68.5 Å². The van der Waals surface area contributed by atoms with Crippen LogP contribution >= 0.6 is 11.7 Å². The van der Waals surface area contributed by atoms with Crippen LogP contribution in [0.5, 0.6) is 0 Å². The summed E-state index contributed by atoms with van der Waals surface area (Å²) in [4.78, 5) is 0. The summed E-state index contributed by atoms with van der Waals surface area (Å²) in [5.41, 5.74) is 2.56. The first-order chi connectivity index (χ1) is 9.40. The minimum atomic E-state index is 0.770. The van der Waals surface area contributed by atoms with Crippen molar-refractivity contribution in [3.05, 3.63) is 36.5 Å². The Kier molecular flexibility index (Phi) is 3.20. The Morgan fingerprint density at radius 3 is 2.84 bits per heavy atom. The molecule has 19 heavy (non-hydrogen) atoms. The van der Waals surface area contributed by atoms with Gasteiger partial charge in [-0.15, -0.1) is 5.10 Å². The molecule has 0 spiro atoms. The maximum atomic E-state index is 4.33. The zero-order valence-electron chi connectivity index (χ0n) is 10.3. The molecule has 6 nitrogen and oxygen atoms in total. The van der Waals surface area contributed by atoms with Crippen molar-refractivity contribution in [1.82, 2.24) is 23.7 Å². The van der Waals surface area contributed by atoms with Crippen LogP contribution in [0.3, 0.4) is 0 Å². The van der Waals surface area contributed by atoms with E-state index in [1.54, 1.807) is 10.9 Å². The van der Waals surface area contributed by atoms with Crippen molar-refractivity contribution >= 4 is 17.5 Å². The molecule has 2 aromatic heterocycles. The zero-order chi connectivity index (χ0) is 13.1. The molecule has 0 bridgehead atoms. The van der Waals surface area contributed by atoms with Gasteiger partial charge in [0, 0.05) is 6.54 Å². The number of benzene rings is 1. The molecule has 96 valence electrons. The lowest BCUT2D eigenvalue weighted by Gasteiger charge is -2.05. The van der Waals surface area contributed by atoms with E-state index in [9.17, 15) is 0 Å². The van der Waals surface area contributed by atoms with Gasteiger partial charge in [0.25, 0.3) is 0 Å². The predicted molar refractivity (Wildman–Crippen MR) is 74.4 cm³/mol. The van der Waals surface area contributed by atoms with E-state index in [4.69, 9.17) is 0 Å². The summed E-state index contributed by atoms with van der Waals surface area (Å²) in [5.74, 6) is 0.770. The quantitative estimate of drug-likeness (QED) is 0.788. The number of rotatable bonds is 4. The molecular weight excluding hydrogens is 260 g/mol. The van der Waals surface area contributed by atoms with Gasteiger partial charge >= 0.3 is 0 Å². The summed E-state index contributed by atoms with van der Waals surface area (Å²) < 4.78 is 10.3. The highest BCUT2D eigenvalue weighted by Crippen LogP contribution is 2.26. The van der Waals surface area contributed by atoms with E-state index in [0.717, 1.165) is 29.4 Å². The lowest BCUT2D eigenvalue weighted by atomic mass is 10.3. The third-order valence-corrected chi connectivity index (χ3v) is 3.15. The van der Waals surface area contributed by atoms with Crippen LogP contribution in [-0.2, 0) is 0 Å². The second kappa shape index (κ2) is 5.15. The summed E-state index contributed by atoms with van der Waals surface area (Å²) >= 11 is 1.18. The van der Waals surface area contributed by atoms with Crippen LogP contribution in [0.4, 0.5) is 5.82 Å². The molecule has 3 aromatic rings. The minimum Gasteiger partial charge on any atom is -0.368 e. The Hall–Kier alpha value is -2.28. The van der Waals surface area contributed by atoms with Crippen molar-refractivity contribution in [3.8, 4) is 17.1 Å². The lowest BCUT2D eigenvalue weighted by Crippen LogP contribution is -2.02. The zero-order valence-corrected chi connectivity index (χ0v) is 11.1. The average molecular weight is 272 g/mol. The second-order valence-electron chi connectivity index (χ2n) is 3.86. The van der Waals surface area contributed by atoms with Crippen molar-refractivity contribution in [1.29, 1.82) is 0 Å². The van der Waals surface area contributed by atoms with Crippen molar-refractivity contribution in [3.63, 3.8) is 0 Å². The summed E-state index contributed by atoms with van der Waals surface area (Å²) in [6.07, 6.45) is 1.70. The molecule has 0 saturated heterocycles. The molecule has 0 aliphatic carbocycles. The fourth-order valence-electron chi connectivity index (χ4n) is 1.80. The van der Waals surface area contributed by atoms with Crippen LogP contribution in [0.25, 0.3) is 17.1 Å². The number of hydrogen-bond donors (Lipinski definition) is 1. The lowest BCUT2D eigenvalue weighted by molar-refractivity contribution is 0.807. The molecule has 0 unspecified atom stereocenters. The summed E-state index contributed by atoms with van der Waals surface area (Å²) in [6, 6.07) is 9.85. The van der Waals surface area contributed by atoms with E-state index in [1.807, 2.05) is 37.3 Å². The van der Waals surface area contributed by atoms with Gasteiger partial charge in [-0.1, -0.05) is 23.4 Å². The Balaban J connectivity index is 2.07. The Bertz CT molecular complexity index is 660. The summed E-state index contributed by atoms with van der Waals surface area (Å²) in [6.45, 7) is 2.82. The standard InChI is InChI=1S/C12H12N6S/c1-2-13-12-11(15-19-16-12)10-8-14-17-18(10)9-6-4-3-5-7-9/h3-8H,2H2,1H3,(H,13,16). The van der Waals surface area contributed by atoms with Gasteiger partial charge in [-0.2, -0.15) is 8.75 Å². The van der Waals surface area contributed by atoms with Gasteiger partial charge in [-0.25, -0.2) is 4.68 Å². The molecule has 0 aliphatic heterocycles. The molecule has 3 rings (SSSR count). The smallest absolute Gasteiger partial charge is 0.169 e. The van der Waals surface area contributed by atoms with Crippen molar-refractivity contribution in [2.75, 3.05) is 11.9 Å². The van der Waals surface area contributed by atoms with Gasteiger partial charge in [-0.3, -0.25) is 0 Å². The van der Waals surface area contributed by atoms with Gasteiger partial charge in [0.1, 0.15) is 11.4 Å². The first kappa shape index (κ1) is 11.8. The Morgan fingerprint density at radius 1 is 1.21 bits per heavy atom. The number of para-hydroxylation sites is 1. The maximum absolute atomic E-state index is 4.33. The number of anilines is 1. The Morgan fingerprint density at radius 2 is 2.05 bits per heavy atom. The monoisotopic (exact) mass is 272 g/mol. The van der Waals surface area contributed by atoms with Gasteiger partial charge in [0.15, 0.2) is 5.82 Å². The van der Waals surface area contributed by atoms with Crippen LogP contribution in [0.1, 0.15) is 6.92 Å². The van der Waals surface area contributed by atoms with Crippen LogP contribution in [-0.4, -0.2) is 30.3 Å². The fourth-order valence-corrected chi connectivity index (χ4v) is 2.33. The maximum Gasteiger partial charge on any atom is 0.169 e. The molecule has 0 fully saturated rings. The van der Waals surface area contributed by atoms with Crippen molar-refractivity contribution < 1.29 is 0 Å². The van der Waals surface area contributed by atoms with E-state index in [-0.39, 0.29) is 0 Å². The molecule has 0 aliphatic rings. The second-order valence-corrected chi connectivity index (χ2v) is 4.39. The van der Waals surface area contributed by atoms with Crippen LogP contribution < -0.4 is 5.32 Å². The number of aromatic nitrogens is 5. The third kappa shape index (κ3) is 2.19. The van der Waals surface area contributed by atoms with E-state index >= 15 is 0 Å². The van der Waals surface area contributed by atoms with Gasteiger partial charge in [0.2, 0.25) is 0 Å². The third-order valence-electron chi connectivity index (χ3n) is 2.63. The van der Waals surface area contributed by atoms with Gasteiger partial charge in [0.05, 0.1) is 23.6 Å². The van der Waals surface area contributed by atoms with E-state index in [1.165, 1.54) is 11.7 Å². The average Bonchev–Trinajstić information content (AvgIpc) is 3.08. The Labute approximate surface area is 114 Å². The van der Waals surface area contributed by atoms with Gasteiger partial charge < -0.3 is 5.32 Å². The van der Waals surface area contributed by atoms with E-state index < -0.39 is 0 Å². The van der Waals surface area contributed by atoms with Crippen LogP contribution in [0.2, 0.25) is 0 Å². The minimum absolute atomic E-state index is 0.770. The number of nitrogens with one attached hydrogen (secondary N) is 1. The molecule has 0 atom stereocenters. The predicted octanol–water partition coefficient (Wildman–Crippen LogP) is 2.22. The number of hydrogen-bond acceptors (Lipinski definition) is 6.